The number of carbonyl (C=O) groups excluding carboxylic acids is 1. The lowest BCUT2D eigenvalue weighted by atomic mass is 10.3. The molecule has 0 fully saturated rings. The summed E-state index contributed by atoms with van der Waals surface area (Å²) in [6.45, 7) is 1.42. The maximum absolute atomic E-state index is 11.2. The zero-order valence-corrected chi connectivity index (χ0v) is 9.29. The predicted molar refractivity (Wildman–Crippen MR) is 57.0 cm³/mol. The molecule has 1 atom stereocenters. The van der Waals surface area contributed by atoms with Crippen LogP contribution in [-0.2, 0) is 9.53 Å². The minimum Gasteiger partial charge on any atom is -0.455 e. The van der Waals surface area contributed by atoms with Gasteiger partial charge in [-0.15, -0.1) is 0 Å². The lowest BCUT2D eigenvalue weighted by Gasteiger charge is -2.16. The lowest BCUT2D eigenvalue weighted by Crippen LogP contribution is -2.29. The highest BCUT2D eigenvalue weighted by Gasteiger charge is 2.11. The molecule has 0 aliphatic carbocycles. The molecule has 1 aromatic carbocycles. The summed E-state index contributed by atoms with van der Waals surface area (Å²) in [5, 5.41) is 9.56. The molecule has 0 aromatic heterocycles. The summed E-state index contributed by atoms with van der Waals surface area (Å²) in [5.41, 5.74) is 0. The van der Waals surface area contributed by atoms with Gasteiger partial charge in [-0.3, -0.25) is 4.79 Å². The number of hydrogen-bond donors (Lipinski definition) is 1. The first-order valence-corrected chi connectivity index (χ1v) is 4.89. The Hall–Kier alpha value is -1.59. The van der Waals surface area contributed by atoms with Gasteiger partial charge in [-0.2, -0.15) is 5.06 Å². The number of para-hydroxylation sites is 1. The molecule has 0 saturated carbocycles. The van der Waals surface area contributed by atoms with Gasteiger partial charge in [0.2, 0.25) is 6.29 Å². The number of nitrogens with zero attached hydrogens (tertiary/aromatic N) is 1. The maximum atomic E-state index is 11.2. The molecule has 88 valence electrons. The Kier molecular flexibility index (Phi) is 4.75. The molecule has 0 aliphatic heterocycles. The minimum absolute atomic E-state index is 0.192. The third-order valence-corrected chi connectivity index (χ3v) is 1.70. The summed E-state index contributed by atoms with van der Waals surface area (Å²) in [6.07, 6.45) is -0.685. The van der Waals surface area contributed by atoms with Crippen LogP contribution in [0.15, 0.2) is 30.3 Å². The van der Waals surface area contributed by atoms with Crippen molar-refractivity contribution in [2.24, 2.45) is 0 Å². The Balaban J connectivity index is 2.36. The van der Waals surface area contributed by atoms with Gasteiger partial charge in [0.15, 0.2) is 0 Å². The second-order valence-electron chi connectivity index (χ2n) is 3.30. The first-order valence-electron chi connectivity index (χ1n) is 4.89. The molecule has 0 spiro atoms. The zero-order valence-electron chi connectivity index (χ0n) is 9.29. The minimum atomic E-state index is -0.685. The van der Waals surface area contributed by atoms with Crippen molar-refractivity contribution in [3.05, 3.63) is 30.3 Å². The van der Waals surface area contributed by atoms with Crippen LogP contribution in [0.1, 0.15) is 6.92 Å². The molecule has 0 heterocycles. The maximum Gasteiger partial charge on any atom is 0.325 e. The molecule has 0 aliphatic rings. The van der Waals surface area contributed by atoms with Gasteiger partial charge in [-0.05, 0) is 12.1 Å². The van der Waals surface area contributed by atoms with Gasteiger partial charge in [0, 0.05) is 14.0 Å². The van der Waals surface area contributed by atoms with Crippen molar-refractivity contribution in [2.45, 2.75) is 13.2 Å². The van der Waals surface area contributed by atoms with E-state index in [1.807, 2.05) is 18.2 Å². The van der Waals surface area contributed by atoms with Crippen LogP contribution in [-0.4, -0.2) is 36.1 Å². The molecule has 1 aromatic rings. The molecule has 16 heavy (non-hydrogen) atoms. The Morgan fingerprint density at radius 2 is 2.06 bits per heavy atom. The lowest BCUT2D eigenvalue weighted by molar-refractivity contribution is -0.171. The van der Waals surface area contributed by atoms with E-state index in [0.717, 1.165) is 5.06 Å². The van der Waals surface area contributed by atoms with Crippen molar-refractivity contribution in [3.63, 3.8) is 0 Å². The molecule has 1 unspecified atom stereocenters. The number of hydrogen-bond acceptors (Lipinski definition) is 5. The third kappa shape index (κ3) is 4.77. The molecule has 0 radical (unpaired) electrons. The van der Waals surface area contributed by atoms with Gasteiger partial charge in [0.05, 0.1) is 0 Å². The molecule has 0 bridgehead atoms. The molecule has 1 rings (SSSR count). The van der Waals surface area contributed by atoms with E-state index in [1.165, 1.54) is 7.05 Å². The van der Waals surface area contributed by atoms with Gasteiger partial charge in [0.25, 0.3) is 0 Å². The van der Waals surface area contributed by atoms with Crippen molar-refractivity contribution in [2.75, 3.05) is 13.6 Å². The van der Waals surface area contributed by atoms with Crippen LogP contribution in [0.25, 0.3) is 0 Å². The van der Waals surface area contributed by atoms with Gasteiger partial charge >= 0.3 is 5.97 Å². The highest BCUT2D eigenvalue weighted by Crippen LogP contribution is 2.11. The molecule has 5 nitrogen and oxygen atoms in total. The van der Waals surface area contributed by atoms with E-state index in [9.17, 15) is 4.79 Å². The van der Waals surface area contributed by atoms with Gasteiger partial charge < -0.3 is 14.7 Å². The zero-order chi connectivity index (χ0) is 12.0. The number of carbonyl (C=O) groups is 1. The molecule has 1 N–H and O–H groups in total. The van der Waals surface area contributed by atoms with Crippen molar-refractivity contribution in [1.29, 1.82) is 0 Å². The van der Waals surface area contributed by atoms with Crippen LogP contribution in [0.4, 0.5) is 0 Å². The number of hydroxylamine groups is 2. The second kappa shape index (κ2) is 6.09. The highest BCUT2D eigenvalue weighted by atomic mass is 16.7. The second-order valence-corrected chi connectivity index (χ2v) is 3.30. The van der Waals surface area contributed by atoms with E-state index >= 15 is 0 Å². The molecular weight excluding hydrogens is 210 g/mol. The monoisotopic (exact) mass is 225 g/mol. The topological polar surface area (TPSA) is 59.0 Å². The van der Waals surface area contributed by atoms with Crippen molar-refractivity contribution in [1.82, 2.24) is 5.06 Å². The largest absolute Gasteiger partial charge is 0.455 e. The number of ether oxygens (including phenoxy) is 2. The first-order chi connectivity index (χ1) is 7.58. The SMILES string of the molecule is CC(OC(=O)CN(C)O)Oc1ccccc1. The Morgan fingerprint density at radius 1 is 1.44 bits per heavy atom. The average Bonchev–Trinajstić information content (AvgIpc) is 2.17. The van der Waals surface area contributed by atoms with Crippen molar-refractivity contribution >= 4 is 5.97 Å². The van der Waals surface area contributed by atoms with Crippen molar-refractivity contribution < 1.29 is 19.5 Å². The standard InChI is InChI=1S/C11H15NO4/c1-9(16-11(13)8-12(2)14)15-10-6-4-3-5-7-10/h3-7,9,14H,8H2,1-2H3. The number of likely N-dealkylation sites (N-methyl/N-ethyl adjacent to an activating group) is 1. The number of benzene rings is 1. The summed E-state index contributed by atoms with van der Waals surface area (Å²) in [6, 6.07) is 9.05. The van der Waals surface area contributed by atoms with Crippen LogP contribution in [0.2, 0.25) is 0 Å². The van der Waals surface area contributed by atoms with Crippen LogP contribution < -0.4 is 4.74 Å². The fraction of sp³-hybridized carbons (Fsp3) is 0.364. The summed E-state index contributed by atoms with van der Waals surface area (Å²) >= 11 is 0. The summed E-state index contributed by atoms with van der Waals surface area (Å²) in [7, 11) is 1.37. The quantitative estimate of drug-likeness (QED) is 0.464. The van der Waals surface area contributed by atoms with Gasteiger partial charge in [-0.1, -0.05) is 18.2 Å². The molecule has 0 saturated heterocycles. The van der Waals surface area contributed by atoms with E-state index in [4.69, 9.17) is 14.7 Å². The van der Waals surface area contributed by atoms with Gasteiger partial charge in [0.1, 0.15) is 12.3 Å². The number of rotatable bonds is 5. The summed E-state index contributed by atoms with van der Waals surface area (Å²) in [4.78, 5) is 11.2. The molecule has 0 amide bonds. The Morgan fingerprint density at radius 3 is 2.62 bits per heavy atom. The smallest absolute Gasteiger partial charge is 0.325 e. The first kappa shape index (κ1) is 12.5. The average molecular weight is 225 g/mol. The van der Waals surface area contributed by atoms with E-state index in [-0.39, 0.29) is 6.54 Å². The predicted octanol–water partition coefficient (Wildman–Crippen LogP) is 1.28. The summed E-state index contributed by atoms with van der Waals surface area (Å²) in [5.74, 6) is 0.0774. The Labute approximate surface area is 94.2 Å². The molecular formula is C11H15NO4. The van der Waals surface area contributed by atoms with E-state index in [0.29, 0.717) is 5.75 Å². The Bertz CT molecular complexity index is 326. The van der Waals surface area contributed by atoms with Crippen LogP contribution in [0.5, 0.6) is 5.75 Å². The van der Waals surface area contributed by atoms with Crippen molar-refractivity contribution in [3.8, 4) is 5.75 Å². The molecule has 5 heteroatoms. The van der Waals surface area contributed by atoms with E-state index in [1.54, 1.807) is 19.1 Å². The normalized spacial score (nSPS) is 12.2. The fourth-order valence-corrected chi connectivity index (χ4v) is 1.12. The van der Waals surface area contributed by atoms with Crippen LogP contribution >= 0.6 is 0 Å². The van der Waals surface area contributed by atoms with Crippen LogP contribution in [0.3, 0.4) is 0 Å². The fourth-order valence-electron chi connectivity index (χ4n) is 1.12. The summed E-state index contributed by atoms with van der Waals surface area (Å²) < 4.78 is 10.2. The number of esters is 1. The highest BCUT2D eigenvalue weighted by molar-refractivity contribution is 5.71. The third-order valence-electron chi connectivity index (χ3n) is 1.70. The van der Waals surface area contributed by atoms with Crippen LogP contribution in [0, 0.1) is 0 Å². The van der Waals surface area contributed by atoms with Gasteiger partial charge in [-0.25, -0.2) is 0 Å². The van der Waals surface area contributed by atoms with E-state index in [2.05, 4.69) is 0 Å². The van der Waals surface area contributed by atoms with E-state index < -0.39 is 12.3 Å².